The van der Waals surface area contributed by atoms with Crippen molar-refractivity contribution < 1.29 is 14.7 Å². The summed E-state index contributed by atoms with van der Waals surface area (Å²) in [5.41, 5.74) is 0.322. The second kappa shape index (κ2) is 5.30. The molecule has 1 atom stereocenters. The highest BCUT2D eigenvalue weighted by atomic mass is 32.1. The van der Waals surface area contributed by atoms with Crippen LogP contribution in [0.25, 0.3) is 0 Å². The molecule has 6 heteroatoms. The third-order valence-corrected chi connectivity index (χ3v) is 6.85. The monoisotopic (exact) mass is 334 g/mol. The minimum absolute atomic E-state index is 0.112. The van der Waals surface area contributed by atoms with Gasteiger partial charge in [0.1, 0.15) is 0 Å². The van der Waals surface area contributed by atoms with Crippen molar-refractivity contribution in [3.05, 3.63) is 11.1 Å². The summed E-state index contributed by atoms with van der Waals surface area (Å²) in [5.74, 6) is 0.758. The van der Waals surface area contributed by atoms with Gasteiger partial charge in [0, 0.05) is 5.38 Å². The van der Waals surface area contributed by atoms with E-state index in [1.807, 2.05) is 0 Å². The molecule has 4 fully saturated rings. The lowest BCUT2D eigenvalue weighted by atomic mass is 9.49. The fraction of sp³-hybridized carbons (Fsp3) is 0.706. The van der Waals surface area contributed by atoms with E-state index in [2.05, 4.69) is 10.3 Å². The predicted octanol–water partition coefficient (Wildman–Crippen LogP) is 3.49. The topological polar surface area (TPSA) is 79.3 Å². The van der Waals surface area contributed by atoms with E-state index in [0.29, 0.717) is 10.8 Å². The van der Waals surface area contributed by atoms with Gasteiger partial charge in [-0.2, -0.15) is 0 Å². The average molecular weight is 334 g/mol. The fourth-order valence-corrected chi connectivity index (χ4v) is 6.09. The Morgan fingerprint density at radius 3 is 2.35 bits per heavy atom. The van der Waals surface area contributed by atoms with Gasteiger partial charge in [-0.15, -0.1) is 11.3 Å². The largest absolute Gasteiger partial charge is 0.481 e. The number of carbonyl (C=O) groups is 2. The molecule has 0 spiro atoms. The van der Waals surface area contributed by atoms with Gasteiger partial charge in [-0.25, -0.2) is 4.98 Å². The summed E-state index contributed by atoms with van der Waals surface area (Å²) in [4.78, 5) is 28.3. The van der Waals surface area contributed by atoms with Crippen LogP contribution in [-0.4, -0.2) is 22.0 Å². The molecular formula is C17H22N2O3S. The maximum atomic E-state index is 12.9. The van der Waals surface area contributed by atoms with Crippen molar-refractivity contribution in [1.82, 2.24) is 4.98 Å². The number of anilines is 1. The van der Waals surface area contributed by atoms with Crippen LogP contribution in [0.3, 0.4) is 0 Å². The zero-order valence-corrected chi connectivity index (χ0v) is 14.1. The normalized spacial score (nSPS) is 36.0. The number of rotatable bonds is 4. The number of nitrogens with one attached hydrogen (secondary N) is 1. The highest BCUT2D eigenvalue weighted by molar-refractivity contribution is 7.14. The SMILES string of the molecule is CC(C(=O)O)c1csc(NC(=O)C23CC4CC(CC(C4)C2)C3)n1. The second-order valence-electron chi connectivity index (χ2n) is 7.79. The van der Waals surface area contributed by atoms with E-state index in [0.717, 1.165) is 37.0 Å². The van der Waals surface area contributed by atoms with Crippen LogP contribution in [0.4, 0.5) is 5.13 Å². The molecule has 0 radical (unpaired) electrons. The van der Waals surface area contributed by atoms with E-state index < -0.39 is 11.9 Å². The van der Waals surface area contributed by atoms with Gasteiger partial charge in [0.2, 0.25) is 5.91 Å². The van der Waals surface area contributed by atoms with Gasteiger partial charge in [0.25, 0.3) is 0 Å². The number of carboxylic acid groups (broad SMARTS) is 1. The van der Waals surface area contributed by atoms with Crippen molar-refractivity contribution in [2.75, 3.05) is 5.32 Å². The molecule has 0 saturated heterocycles. The Kier molecular flexibility index (Phi) is 3.48. The smallest absolute Gasteiger partial charge is 0.312 e. The maximum Gasteiger partial charge on any atom is 0.312 e. The minimum Gasteiger partial charge on any atom is -0.481 e. The fourth-order valence-electron chi connectivity index (χ4n) is 5.29. The third kappa shape index (κ3) is 2.57. The Labute approximate surface area is 139 Å². The van der Waals surface area contributed by atoms with E-state index >= 15 is 0 Å². The molecule has 0 aliphatic heterocycles. The first-order chi connectivity index (χ1) is 10.9. The molecule has 1 heterocycles. The molecule has 1 aromatic heterocycles. The van der Waals surface area contributed by atoms with Crippen LogP contribution in [0.2, 0.25) is 0 Å². The molecule has 1 aromatic rings. The van der Waals surface area contributed by atoms with Gasteiger partial charge in [-0.05, 0) is 63.2 Å². The number of hydrogen-bond acceptors (Lipinski definition) is 4. The summed E-state index contributed by atoms with van der Waals surface area (Å²) < 4.78 is 0. The minimum atomic E-state index is -0.894. The molecule has 4 saturated carbocycles. The third-order valence-electron chi connectivity index (χ3n) is 6.08. The zero-order valence-electron chi connectivity index (χ0n) is 13.2. The summed E-state index contributed by atoms with van der Waals surface area (Å²) in [7, 11) is 0. The number of carbonyl (C=O) groups excluding carboxylic acids is 1. The highest BCUT2D eigenvalue weighted by Gasteiger charge is 2.54. The first-order valence-electron chi connectivity index (χ1n) is 8.45. The lowest BCUT2D eigenvalue weighted by Crippen LogP contribution is -2.51. The summed E-state index contributed by atoms with van der Waals surface area (Å²) in [6, 6.07) is 0. The second-order valence-corrected chi connectivity index (χ2v) is 8.65. The Morgan fingerprint density at radius 2 is 1.83 bits per heavy atom. The first kappa shape index (κ1) is 15.1. The molecule has 23 heavy (non-hydrogen) atoms. The summed E-state index contributed by atoms with van der Waals surface area (Å²) in [6.45, 7) is 1.61. The van der Waals surface area contributed by atoms with Crippen molar-refractivity contribution >= 4 is 28.3 Å². The molecule has 4 bridgehead atoms. The Hall–Kier alpha value is -1.43. The summed E-state index contributed by atoms with van der Waals surface area (Å²) in [6.07, 6.45) is 7.00. The van der Waals surface area contributed by atoms with Gasteiger partial charge in [0.05, 0.1) is 17.0 Å². The Bertz CT molecular complexity index is 619. The van der Waals surface area contributed by atoms with Gasteiger partial charge in [-0.3, -0.25) is 9.59 Å². The zero-order chi connectivity index (χ0) is 16.2. The molecule has 0 aromatic carbocycles. The van der Waals surface area contributed by atoms with Gasteiger partial charge in [0.15, 0.2) is 5.13 Å². The number of carboxylic acids is 1. The van der Waals surface area contributed by atoms with E-state index in [1.165, 1.54) is 30.6 Å². The molecule has 2 N–H and O–H groups in total. The summed E-state index contributed by atoms with van der Waals surface area (Å²) in [5, 5.41) is 14.3. The number of nitrogens with zero attached hydrogens (tertiary/aromatic N) is 1. The molecule has 5 nitrogen and oxygen atoms in total. The van der Waals surface area contributed by atoms with Crippen LogP contribution < -0.4 is 5.32 Å². The molecule has 4 aliphatic rings. The lowest BCUT2D eigenvalue weighted by molar-refractivity contribution is -0.140. The number of hydrogen-bond donors (Lipinski definition) is 2. The molecule has 124 valence electrons. The van der Waals surface area contributed by atoms with Crippen LogP contribution in [0.1, 0.15) is 57.1 Å². The standard InChI is InChI=1S/C17H22N2O3S/c1-9(14(20)21)13-8-23-16(18-13)19-15(22)17-5-10-2-11(6-17)4-12(3-10)7-17/h8-12H,2-7H2,1H3,(H,20,21)(H,18,19,22). The van der Waals surface area contributed by atoms with Crippen molar-refractivity contribution in [3.63, 3.8) is 0 Å². The predicted molar refractivity (Wildman–Crippen MR) is 87.4 cm³/mol. The Balaban J connectivity index is 1.49. The number of aromatic nitrogens is 1. The quantitative estimate of drug-likeness (QED) is 0.883. The van der Waals surface area contributed by atoms with Crippen LogP contribution in [0, 0.1) is 23.2 Å². The van der Waals surface area contributed by atoms with E-state index in [-0.39, 0.29) is 11.3 Å². The molecular weight excluding hydrogens is 312 g/mol. The van der Waals surface area contributed by atoms with Crippen molar-refractivity contribution in [2.24, 2.45) is 23.2 Å². The van der Waals surface area contributed by atoms with E-state index in [9.17, 15) is 9.59 Å². The first-order valence-corrected chi connectivity index (χ1v) is 9.33. The van der Waals surface area contributed by atoms with Crippen molar-refractivity contribution in [1.29, 1.82) is 0 Å². The van der Waals surface area contributed by atoms with Gasteiger partial charge < -0.3 is 10.4 Å². The van der Waals surface area contributed by atoms with E-state index in [1.54, 1.807) is 12.3 Å². The highest BCUT2D eigenvalue weighted by Crippen LogP contribution is 2.60. The van der Waals surface area contributed by atoms with Crippen LogP contribution in [-0.2, 0) is 9.59 Å². The molecule has 1 unspecified atom stereocenters. The van der Waals surface area contributed by atoms with Gasteiger partial charge >= 0.3 is 5.97 Å². The van der Waals surface area contributed by atoms with Crippen molar-refractivity contribution in [3.8, 4) is 0 Å². The van der Waals surface area contributed by atoms with Crippen LogP contribution in [0.5, 0.6) is 0 Å². The van der Waals surface area contributed by atoms with Crippen LogP contribution in [0.15, 0.2) is 5.38 Å². The molecule has 4 aliphatic carbocycles. The van der Waals surface area contributed by atoms with Crippen molar-refractivity contribution in [2.45, 2.75) is 51.4 Å². The summed E-state index contributed by atoms with van der Waals surface area (Å²) >= 11 is 1.32. The average Bonchev–Trinajstić information content (AvgIpc) is 2.93. The maximum absolute atomic E-state index is 12.9. The number of aliphatic carboxylic acids is 1. The molecule has 1 amide bonds. The Morgan fingerprint density at radius 1 is 1.26 bits per heavy atom. The van der Waals surface area contributed by atoms with Gasteiger partial charge in [-0.1, -0.05) is 0 Å². The lowest BCUT2D eigenvalue weighted by Gasteiger charge is -2.55. The molecule has 5 rings (SSSR count). The number of thiazole rings is 1. The van der Waals surface area contributed by atoms with Crippen LogP contribution >= 0.6 is 11.3 Å². The van der Waals surface area contributed by atoms with E-state index in [4.69, 9.17) is 5.11 Å². The number of amides is 1.